The van der Waals surface area contributed by atoms with E-state index >= 15 is 0 Å². The van der Waals surface area contributed by atoms with Crippen LogP contribution in [0.1, 0.15) is 12.8 Å². The summed E-state index contributed by atoms with van der Waals surface area (Å²) in [6.07, 6.45) is 7.77. The molecule has 4 aliphatic rings. The third kappa shape index (κ3) is 2.55. The molecule has 2 fully saturated rings. The van der Waals surface area contributed by atoms with Crippen LogP contribution in [0.4, 0.5) is 5.69 Å². The van der Waals surface area contributed by atoms with E-state index in [0.29, 0.717) is 5.69 Å². The van der Waals surface area contributed by atoms with Crippen molar-refractivity contribution >= 4 is 34.3 Å². The molecule has 1 saturated heterocycles. The number of amides is 3. The average molecular weight is 361 g/mol. The highest BCUT2D eigenvalue weighted by Gasteiger charge is 2.56. The number of carbonyl (C=O) groups excluding carboxylic acids is 3. The molecule has 6 nitrogen and oxygen atoms in total. The fourth-order valence-electron chi connectivity index (χ4n) is 4.79. The molecule has 0 unspecified atom stereocenters. The van der Waals surface area contributed by atoms with Crippen LogP contribution in [-0.2, 0) is 14.4 Å². The van der Waals surface area contributed by atoms with Gasteiger partial charge in [0.15, 0.2) is 0 Å². The Morgan fingerprint density at radius 3 is 2.44 bits per heavy atom. The Hall–Kier alpha value is -3.02. The number of nitrogens with zero attached hydrogens (tertiary/aromatic N) is 2. The summed E-state index contributed by atoms with van der Waals surface area (Å²) in [6, 6.07) is 9.18. The van der Waals surface area contributed by atoms with Gasteiger partial charge in [-0.3, -0.25) is 24.3 Å². The van der Waals surface area contributed by atoms with Crippen molar-refractivity contribution in [2.24, 2.45) is 23.7 Å². The van der Waals surface area contributed by atoms with Crippen molar-refractivity contribution in [2.45, 2.75) is 12.8 Å². The van der Waals surface area contributed by atoms with Crippen LogP contribution >= 0.6 is 0 Å². The normalized spacial score (nSPS) is 28.7. The van der Waals surface area contributed by atoms with E-state index in [1.807, 2.05) is 24.3 Å². The lowest BCUT2D eigenvalue weighted by atomic mass is 9.63. The first kappa shape index (κ1) is 16.2. The molecule has 2 bridgehead atoms. The van der Waals surface area contributed by atoms with Crippen LogP contribution in [-0.4, -0.2) is 34.2 Å². The van der Waals surface area contributed by atoms with Crippen molar-refractivity contribution < 1.29 is 14.4 Å². The fraction of sp³-hybridized carbons (Fsp3) is 0.333. The van der Waals surface area contributed by atoms with Crippen LogP contribution in [0, 0.1) is 23.7 Å². The second-order valence-electron chi connectivity index (χ2n) is 7.56. The summed E-state index contributed by atoms with van der Waals surface area (Å²) < 4.78 is 0. The monoisotopic (exact) mass is 361 g/mol. The number of rotatable bonds is 3. The van der Waals surface area contributed by atoms with Gasteiger partial charge < -0.3 is 5.32 Å². The number of benzene rings is 1. The van der Waals surface area contributed by atoms with Gasteiger partial charge in [-0.1, -0.05) is 18.2 Å². The van der Waals surface area contributed by atoms with Crippen molar-refractivity contribution in [2.75, 3.05) is 11.9 Å². The molecule has 136 valence electrons. The average Bonchev–Trinajstić information content (AvgIpc) is 2.96. The summed E-state index contributed by atoms with van der Waals surface area (Å²) in [4.78, 5) is 43.5. The highest BCUT2D eigenvalue weighted by Crippen LogP contribution is 2.49. The second kappa shape index (κ2) is 6.01. The molecule has 3 aliphatic carbocycles. The summed E-state index contributed by atoms with van der Waals surface area (Å²) in [7, 11) is 0. The summed E-state index contributed by atoms with van der Waals surface area (Å²) in [6.45, 7) is -0.227. The molecule has 0 radical (unpaired) electrons. The van der Waals surface area contributed by atoms with Crippen LogP contribution in [0.15, 0.2) is 48.7 Å². The summed E-state index contributed by atoms with van der Waals surface area (Å²) in [5.74, 6) is -1.03. The highest BCUT2D eigenvalue weighted by molar-refractivity contribution is 6.09. The lowest BCUT2D eigenvalue weighted by molar-refractivity contribution is -0.142. The van der Waals surface area contributed by atoms with Crippen molar-refractivity contribution in [1.29, 1.82) is 0 Å². The minimum absolute atomic E-state index is 0.137. The third-order valence-electron chi connectivity index (χ3n) is 6.04. The first-order valence-electron chi connectivity index (χ1n) is 9.30. The maximum atomic E-state index is 12.8. The van der Waals surface area contributed by atoms with Crippen molar-refractivity contribution in [3.63, 3.8) is 0 Å². The number of imide groups is 1. The number of hydrogen-bond donors (Lipinski definition) is 1. The molecule has 6 heteroatoms. The number of aromatic nitrogens is 1. The number of anilines is 1. The highest BCUT2D eigenvalue weighted by atomic mass is 16.2. The van der Waals surface area contributed by atoms with Crippen LogP contribution < -0.4 is 5.32 Å². The Balaban J connectivity index is 1.32. The van der Waals surface area contributed by atoms with Gasteiger partial charge in [0.2, 0.25) is 17.7 Å². The molecular formula is C21H19N3O3. The molecule has 6 rings (SSSR count). The molecule has 1 N–H and O–H groups in total. The molecule has 1 aromatic heterocycles. The molecule has 1 aromatic carbocycles. The molecule has 1 aliphatic heterocycles. The molecule has 3 amide bonds. The first-order valence-corrected chi connectivity index (χ1v) is 9.30. The summed E-state index contributed by atoms with van der Waals surface area (Å²) in [5, 5.41) is 3.71. The van der Waals surface area contributed by atoms with Crippen LogP contribution in [0.25, 0.3) is 10.9 Å². The smallest absolute Gasteiger partial charge is 0.244 e. The molecular weight excluding hydrogens is 342 g/mol. The maximum absolute atomic E-state index is 12.8. The van der Waals surface area contributed by atoms with Crippen LogP contribution in [0.5, 0.6) is 0 Å². The van der Waals surface area contributed by atoms with E-state index in [-0.39, 0.29) is 47.9 Å². The predicted molar refractivity (Wildman–Crippen MR) is 99.4 cm³/mol. The Bertz CT molecular complexity index is 967. The van der Waals surface area contributed by atoms with Crippen molar-refractivity contribution in [1.82, 2.24) is 9.88 Å². The molecule has 2 heterocycles. The number of nitrogens with one attached hydrogen (secondary N) is 1. The number of carbonyl (C=O) groups is 3. The molecule has 0 spiro atoms. The van der Waals surface area contributed by atoms with Gasteiger partial charge in [0, 0.05) is 17.3 Å². The zero-order valence-electron chi connectivity index (χ0n) is 14.7. The quantitative estimate of drug-likeness (QED) is 0.672. The zero-order valence-corrected chi connectivity index (χ0v) is 14.7. The minimum Gasteiger partial charge on any atom is -0.325 e. The van der Waals surface area contributed by atoms with Gasteiger partial charge in [0.1, 0.15) is 6.54 Å². The van der Waals surface area contributed by atoms with E-state index < -0.39 is 0 Å². The van der Waals surface area contributed by atoms with Crippen LogP contribution in [0.3, 0.4) is 0 Å². The standard InChI is InChI=1S/C21H19N3O3/c25-17(23-15-7-8-16-14(10-15)2-1-9-22-16)11-24-20(26)18-12-3-4-13(6-5-12)19(18)21(24)27/h1-4,7-10,12-13,18-19H,5-6,11H2,(H,23,25)/t12-,13-,18+,19+/m0/s1. The Labute approximate surface area is 156 Å². The van der Waals surface area contributed by atoms with Gasteiger partial charge in [0.05, 0.1) is 17.4 Å². The van der Waals surface area contributed by atoms with Gasteiger partial charge in [-0.15, -0.1) is 0 Å². The van der Waals surface area contributed by atoms with Gasteiger partial charge in [-0.05, 0) is 48.9 Å². The summed E-state index contributed by atoms with van der Waals surface area (Å²) >= 11 is 0. The Morgan fingerprint density at radius 1 is 1.07 bits per heavy atom. The van der Waals surface area contributed by atoms with E-state index in [9.17, 15) is 14.4 Å². The minimum atomic E-state index is -0.362. The van der Waals surface area contributed by atoms with Gasteiger partial charge in [-0.25, -0.2) is 0 Å². The molecule has 27 heavy (non-hydrogen) atoms. The largest absolute Gasteiger partial charge is 0.325 e. The van der Waals surface area contributed by atoms with Gasteiger partial charge in [-0.2, -0.15) is 0 Å². The van der Waals surface area contributed by atoms with E-state index in [1.54, 1.807) is 12.3 Å². The predicted octanol–water partition coefficient (Wildman–Crippen LogP) is 2.37. The Morgan fingerprint density at radius 2 is 1.78 bits per heavy atom. The van der Waals surface area contributed by atoms with E-state index in [1.165, 1.54) is 0 Å². The SMILES string of the molecule is O=C(CN1C(=O)[C@H]2[C@H](C1=O)[C@H]1C=C[C@H]2CC1)Nc1ccc2ncccc2c1. The second-order valence-corrected chi connectivity index (χ2v) is 7.56. The molecule has 2 aromatic rings. The van der Waals surface area contributed by atoms with E-state index in [4.69, 9.17) is 0 Å². The fourth-order valence-corrected chi connectivity index (χ4v) is 4.79. The van der Waals surface area contributed by atoms with E-state index in [0.717, 1.165) is 28.6 Å². The number of likely N-dealkylation sites (tertiary alicyclic amines) is 1. The maximum Gasteiger partial charge on any atom is 0.244 e. The third-order valence-corrected chi connectivity index (χ3v) is 6.04. The van der Waals surface area contributed by atoms with E-state index in [2.05, 4.69) is 22.5 Å². The Kier molecular flexibility index (Phi) is 3.60. The number of pyridine rings is 1. The first-order chi connectivity index (χ1) is 13.1. The summed E-state index contributed by atoms with van der Waals surface area (Å²) in [5.41, 5.74) is 1.46. The zero-order chi connectivity index (χ0) is 18.5. The lowest BCUT2D eigenvalue weighted by Crippen LogP contribution is -2.38. The number of hydrogen-bond acceptors (Lipinski definition) is 4. The topological polar surface area (TPSA) is 79.4 Å². The van der Waals surface area contributed by atoms with Crippen LogP contribution in [0.2, 0.25) is 0 Å². The number of fused-ring (bicyclic) bond motifs is 2. The van der Waals surface area contributed by atoms with Gasteiger partial charge >= 0.3 is 0 Å². The van der Waals surface area contributed by atoms with Crippen molar-refractivity contribution in [3.05, 3.63) is 48.7 Å². The number of allylic oxidation sites excluding steroid dienone is 2. The van der Waals surface area contributed by atoms with Gasteiger partial charge in [0.25, 0.3) is 0 Å². The van der Waals surface area contributed by atoms with Crippen molar-refractivity contribution in [3.8, 4) is 0 Å². The molecule has 4 atom stereocenters. The lowest BCUT2D eigenvalue weighted by Gasteiger charge is -2.38. The molecule has 1 saturated carbocycles.